The number of fused-ring (bicyclic) bond motifs is 2. The van der Waals surface area contributed by atoms with E-state index in [-0.39, 0.29) is 50.0 Å². The highest BCUT2D eigenvalue weighted by Gasteiger charge is 2.55. The number of aliphatic carboxylic acids is 1. The number of benzene rings is 1. The highest BCUT2D eigenvalue weighted by Crippen LogP contribution is 2.41. The van der Waals surface area contributed by atoms with Crippen LogP contribution in [0, 0.1) is 6.92 Å². The molecule has 0 saturated carbocycles. The molecule has 3 amide bonds. The molecule has 0 bridgehead atoms. The zero-order valence-electron chi connectivity index (χ0n) is 24.1. The number of thiocarbonyl (C=S) groups is 1. The predicted octanol–water partition coefficient (Wildman–Crippen LogP) is 0.648. The number of carbonyl (C=O) groups excluding carboxylic acids is 3. The van der Waals surface area contributed by atoms with E-state index in [2.05, 4.69) is 30.8 Å². The number of carbonyl (C=O) groups is 4. The fourth-order valence-corrected chi connectivity index (χ4v) is 6.96. The number of aromatic nitrogens is 4. The lowest BCUT2D eigenvalue weighted by Gasteiger charge is -2.49. The standard InChI is InChI=1S/C30H23N7O8S2/c1-12-9-13(4-6-18(12)38)20(33-26(41)14-10-32-16-3-2-8-31-21(16)24(14)40)27(42)34-22-28(43)37-23(30(44)45)15(11-47-29(22)37)25(46)17-5-7-19(39)36-35-17/h2-10,20,22,29,38H,11H2,1H3,(H,32,40)(H,33,41)(H,34,42)(H,36,39)(H,44,45)/t20?,22?,29-/m0/s1. The Kier molecular flexibility index (Phi) is 8.16. The topological polar surface area (TPSA) is 228 Å². The summed E-state index contributed by atoms with van der Waals surface area (Å²) < 4.78 is 0. The van der Waals surface area contributed by atoms with E-state index in [0.29, 0.717) is 11.1 Å². The summed E-state index contributed by atoms with van der Waals surface area (Å²) in [6, 6.07) is 7.38. The second kappa shape index (κ2) is 12.3. The van der Waals surface area contributed by atoms with Crippen molar-refractivity contribution in [1.29, 1.82) is 0 Å². The number of hydrogen-bond acceptors (Lipinski definition) is 11. The van der Waals surface area contributed by atoms with Crippen LogP contribution >= 0.6 is 24.0 Å². The molecule has 2 aliphatic heterocycles. The van der Waals surface area contributed by atoms with Crippen LogP contribution in [-0.2, 0) is 14.4 Å². The van der Waals surface area contributed by atoms with Crippen molar-refractivity contribution in [2.24, 2.45) is 0 Å². The van der Waals surface area contributed by atoms with Gasteiger partial charge in [0.1, 0.15) is 45.7 Å². The van der Waals surface area contributed by atoms with Crippen LogP contribution in [0.2, 0.25) is 0 Å². The smallest absolute Gasteiger partial charge is 0.353 e. The first-order chi connectivity index (χ1) is 22.5. The second-order valence-corrected chi connectivity index (χ2v) is 12.1. The number of H-pyrrole nitrogens is 2. The number of nitrogens with zero attached hydrogens (tertiary/aromatic N) is 3. The number of aromatic hydroxyl groups is 1. The fraction of sp³-hybridized carbons (Fsp3) is 0.167. The van der Waals surface area contributed by atoms with Gasteiger partial charge < -0.3 is 25.8 Å². The first-order valence-electron chi connectivity index (χ1n) is 13.8. The Morgan fingerprint density at radius 1 is 1.15 bits per heavy atom. The van der Waals surface area contributed by atoms with Crippen molar-refractivity contribution in [3.63, 3.8) is 0 Å². The monoisotopic (exact) mass is 673 g/mol. The summed E-state index contributed by atoms with van der Waals surface area (Å²) in [6.45, 7) is 1.59. The van der Waals surface area contributed by atoms with E-state index in [1.54, 1.807) is 19.1 Å². The Bertz CT molecular complexity index is 2160. The molecule has 17 heteroatoms. The van der Waals surface area contributed by atoms with E-state index in [9.17, 15) is 39.0 Å². The summed E-state index contributed by atoms with van der Waals surface area (Å²) in [4.78, 5) is 85.3. The molecule has 238 valence electrons. The summed E-state index contributed by atoms with van der Waals surface area (Å²) in [5.41, 5.74) is -0.462. The largest absolute Gasteiger partial charge is 0.508 e. The third kappa shape index (κ3) is 5.66. The van der Waals surface area contributed by atoms with Crippen LogP contribution in [-0.4, -0.2) is 81.0 Å². The van der Waals surface area contributed by atoms with Crippen LogP contribution in [0.1, 0.15) is 33.2 Å². The van der Waals surface area contributed by atoms with Crippen LogP contribution in [0.4, 0.5) is 0 Å². The molecule has 6 N–H and O–H groups in total. The van der Waals surface area contributed by atoms with E-state index in [1.807, 2.05) is 0 Å². The van der Waals surface area contributed by atoms with Crippen LogP contribution in [0.25, 0.3) is 11.0 Å². The first kappa shape index (κ1) is 31.3. The van der Waals surface area contributed by atoms with Crippen molar-refractivity contribution in [3.8, 4) is 5.75 Å². The summed E-state index contributed by atoms with van der Waals surface area (Å²) in [6.07, 6.45) is 2.61. The quantitative estimate of drug-likeness (QED) is 0.0861. The number of hydrogen-bond donors (Lipinski definition) is 6. The first-order valence-corrected chi connectivity index (χ1v) is 15.3. The molecule has 0 spiro atoms. The zero-order valence-corrected chi connectivity index (χ0v) is 25.8. The Labute approximate surface area is 273 Å². The van der Waals surface area contributed by atoms with Crippen molar-refractivity contribution >= 4 is 63.6 Å². The minimum atomic E-state index is -1.43. The third-order valence-corrected chi connectivity index (χ3v) is 9.37. The average Bonchev–Trinajstić information content (AvgIpc) is 3.06. The van der Waals surface area contributed by atoms with Gasteiger partial charge in [0.15, 0.2) is 0 Å². The molecule has 0 aliphatic carbocycles. The second-order valence-electron chi connectivity index (χ2n) is 10.5. The zero-order chi connectivity index (χ0) is 33.6. The van der Waals surface area contributed by atoms with Gasteiger partial charge in [-0.25, -0.2) is 9.89 Å². The predicted molar refractivity (Wildman–Crippen MR) is 172 cm³/mol. The summed E-state index contributed by atoms with van der Waals surface area (Å²) in [5.74, 6) is -3.88. The molecule has 3 aromatic heterocycles. The Balaban J connectivity index is 1.27. The van der Waals surface area contributed by atoms with Crippen molar-refractivity contribution in [2.45, 2.75) is 24.4 Å². The van der Waals surface area contributed by atoms with E-state index < -0.39 is 52.1 Å². The van der Waals surface area contributed by atoms with Crippen molar-refractivity contribution in [2.75, 3.05) is 5.75 Å². The van der Waals surface area contributed by atoms with Gasteiger partial charge in [-0.05, 0) is 48.4 Å². The van der Waals surface area contributed by atoms with Crippen LogP contribution in [0.3, 0.4) is 0 Å². The van der Waals surface area contributed by atoms with E-state index in [0.717, 1.165) is 16.7 Å². The normalized spacial score (nSPS) is 17.8. The molecule has 0 radical (unpaired) electrons. The molecule has 5 heterocycles. The number of pyridine rings is 2. The van der Waals surface area contributed by atoms with Gasteiger partial charge in [-0.15, -0.1) is 11.8 Å². The molecule has 15 nitrogen and oxygen atoms in total. The maximum absolute atomic E-state index is 13.8. The molecule has 4 aromatic rings. The van der Waals surface area contributed by atoms with Gasteiger partial charge in [-0.2, -0.15) is 5.10 Å². The lowest BCUT2D eigenvalue weighted by atomic mass is 9.98. The molecule has 1 fully saturated rings. The number of aromatic amines is 2. The molecule has 2 unspecified atom stereocenters. The number of carboxylic acid groups (broad SMARTS) is 1. The minimum absolute atomic E-state index is 0.0218. The van der Waals surface area contributed by atoms with Gasteiger partial charge in [-0.3, -0.25) is 33.9 Å². The van der Waals surface area contributed by atoms with Crippen LogP contribution in [0.5, 0.6) is 5.75 Å². The molecular weight excluding hydrogens is 651 g/mol. The number of β-lactam (4-membered cyclic amide) rings is 1. The molecule has 1 aromatic carbocycles. The Morgan fingerprint density at radius 3 is 2.64 bits per heavy atom. The van der Waals surface area contributed by atoms with Crippen molar-refractivity contribution in [1.82, 2.24) is 35.7 Å². The summed E-state index contributed by atoms with van der Waals surface area (Å²) in [5, 5.41) is 30.5. The number of rotatable bonds is 8. The average molecular weight is 674 g/mol. The summed E-state index contributed by atoms with van der Waals surface area (Å²) >= 11 is 6.60. The maximum Gasteiger partial charge on any atom is 0.353 e. The van der Waals surface area contributed by atoms with Crippen LogP contribution in [0.15, 0.2) is 75.7 Å². The number of nitrogens with one attached hydrogen (secondary N) is 4. The van der Waals surface area contributed by atoms with Crippen LogP contribution < -0.4 is 21.6 Å². The maximum atomic E-state index is 13.8. The number of carboxylic acids is 1. The van der Waals surface area contributed by atoms with Gasteiger partial charge >= 0.3 is 5.97 Å². The van der Waals surface area contributed by atoms with E-state index in [1.165, 1.54) is 42.7 Å². The van der Waals surface area contributed by atoms with Gasteiger partial charge in [0.05, 0.1) is 10.4 Å². The van der Waals surface area contributed by atoms with Gasteiger partial charge in [0.25, 0.3) is 17.4 Å². The number of thioether (sulfide) groups is 1. The molecule has 6 rings (SSSR count). The van der Waals surface area contributed by atoms with Gasteiger partial charge in [-0.1, -0.05) is 18.3 Å². The Morgan fingerprint density at radius 2 is 1.94 bits per heavy atom. The van der Waals surface area contributed by atoms with Crippen molar-refractivity contribution < 1.29 is 29.4 Å². The number of phenols is 1. The highest BCUT2D eigenvalue weighted by atomic mass is 32.2. The third-order valence-electron chi connectivity index (χ3n) is 7.63. The van der Waals surface area contributed by atoms with E-state index >= 15 is 0 Å². The van der Waals surface area contributed by atoms with Gasteiger partial charge in [0, 0.05) is 29.8 Å². The minimum Gasteiger partial charge on any atom is -0.508 e. The number of phenolic OH excluding ortho intramolecular Hbond substituents is 1. The lowest BCUT2D eigenvalue weighted by Crippen LogP contribution is -2.71. The number of amides is 3. The van der Waals surface area contributed by atoms with E-state index in [4.69, 9.17) is 12.2 Å². The molecular formula is C30H23N7O8S2. The SMILES string of the molecule is Cc1cc(C(NC(=O)c2c[nH]c3cccnc3c2=O)C(=O)NC2C(=O)N3C(C(=O)O)=C(C(=S)c4ccc(=O)[nH]n4)CS[C@@H]23)ccc1O. The van der Waals surface area contributed by atoms with Crippen molar-refractivity contribution in [3.05, 3.63) is 109 Å². The molecule has 2 aliphatic rings. The fourth-order valence-electron chi connectivity index (χ4n) is 5.24. The summed E-state index contributed by atoms with van der Waals surface area (Å²) in [7, 11) is 0. The molecule has 3 atom stereocenters. The Hall–Kier alpha value is -5.68. The number of aryl methyl sites for hydroxylation is 1. The lowest BCUT2D eigenvalue weighted by molar-refractivity contribution is -0.150. The van der Waals surface area contributed by atoms with Gasteiger partial charge in [0.2, 0.25) is 11.3 Å². The molecule has 1 saturated heterocycles. The molecule has 47 heavy (non-hydrogen) atoms. The highest BCUT2D eigenvalue weighted by molar-refractivity contribution is 8.00.